The topological polar surface area (TPSA) is 147 Å². The first-order valence-corrected chi connectivity index (χ1v) is 12.3. The van der Waals surface area contributed by atoms with E-state index in [0.29, 0.717) is 17.3 Å². The summed E-state index contributed by atoms with van der Waals surface area (Å²) in [6.45, 7) is 0. The maximum atomic E-state index is 12.6. The monoisotopic (exact) mass is 487 g/mol. The molecule has 1 aliphatic carbocycles. The van der Waals surface area contributed by atoms with Crippen LogP contribution >= 0.6 is 23.1 Å². The summed E-state index contributed by atoms with van der Waals surface area (Å²) in [6.07, 6.45) is 4.32. The molecule has 0 atom stereocenters. The van der Waals surface area contributed by atoms with Crippen molar-refractivity contribution in [1.29, 1.82) is 0 Å². The Morgan fingerprint density at radius 2 is 2.06 bits per heavy atom. The van der Waals surface area contributed by atoms with Crippen molar-refractivity contribution in [2.75, 3.05) is 5.75 Å². The van der Waals surface area contributed by atoms with Gasteiger partial charge in [-0.2, -0.15) is 11.8 Å². The highest BCUT2D eigenvalue weighted by Gasteiger charge is 2.19. The van der Waals surface area contributed by atoms with Gasteiger partial charge in [0, 0.05) is 34.7 Å². The number of hydrogen-bond acceptors (Lipinski definition) is 8. The first kappa shape index (κ1) is 22.9. The van der Waals surface area contributed by atoms with E-state index in [1.807, 2.05) is 0 Å². The van der Waals surface area contributed by atoms with E-state index >= 15 is 0 Å². The van der Waals surface area contributed by atoms with Crippen LogP contribution in [0.5, 0.6) is 0 Å². The lowest BCUT2D eigenvalue weighted by atomic mass is 9.97. The third-order valence-electron chi connectivity index (χ3n) is 5.22. The Bertz CT molecular complexity index is 1290. The van der Waals surface area contributed by atoms with Gasteiger partial charge in [-0.15, -0.1) is 11.3 Å². The lowest BCUT2D eigenvalue weighted by molar-refractivity contribution is -0.384. The van der Waals surface area contributed by atoms with Gasteiger partial charge in [-0.05, 0) is 37.3 Å². The number of H-pyrrole nitrogens is 1. The predicted octanol–water partition coefficient (Wildman–Crippen LogP) is 2.86. The van der Waals surface area contributed by atoms with Crippen molar-refractivity contribution in [3.8, 4) is 0 Å². The summed E-state index contributed by atoms with van der Waals surface area (Å²) in [4.78, 5) is 56.3. The third kappa shape index (κ3) is 5.40. The van der Waals surface area contributed by atoms with Crippen molar-refractivity contribution < 1.29 is 14.5 Å². The number of aryl methyl sites for hydroxylation is 2. The van der Waals surface area contributed by atoms with Crippen LogP contribution in [0.4, 0.5) is 5.69 Å². The molecular weight excluding hydrogens is 466 g/mol. The van der Waals surface area contributed by atoms with Gasteiger partial charge in [0.05, 0.1) is 16.1 Å². The number of benzene rings is 1. The molecule has 2 aromatic heterocycles. The zero-order valence-electron chi connectivity index (χ0n) is 17.5. The van der Waals surface area contributed by atoms with Crippen LogP contribution in [0.15, 0.2) is 29.1 Å². The smallest absolute Gasteiger partial charge is 0.270 e. The van der Waals surface area contributed by atoms with E-state index in [-0.39, 0.29) is 23.2 Å². The molecule has 1 aromatic carbocycles. The van der Waals surface area contributed by atoms with Gasteiger partial charge in [0.2, 0.25) is 5.91 Å². The number of aromatic amines is 1. The maximum Gasteiger partial charge on any atom is 0.270 e. The molecule has 3 N–H and O–H groups in total. The summed E-state index contributed by atoms with van der Waals surface area (Å²) >= 11 is 3.05. The highest BCUT2D eigenvalue weighted by molar-refractivity contribution is 7.98. The van der Waals surface area contributed by atoms with E-state index in [1.54, 1.807) is 11.3 Å². The fourth-order valence-corrected chi connectivity index (χ4v) is 5.72. The molecular formula is C21H21N5O5S2. The number of nitro groups is 1. The molecule has 0 saturated carbocycles. The molecule has 3 aromatic rings. The number of hydrazine groups is 1. The van der Waals surface area contributed by atoms with E-state index < -0.39 is 16.7 Å². The highest BCUT2D eigenvalue weighted by Crippen LogP contribution is 2.33. The summed E-state index contributed by atoms with van der Waals surface area (Å²) in [5.41, 5.74) is 5.45. The molecule has 10 nitrogen and oxygen atoms in total. The molecule has 2 heterocycles. The number of non-ortho nitro benzene ring substituents is 1. The molecule has 0 unspecified atom stereocenters. The van der Waals surface area contributed by atoms with Crippen molar-refractivity contribution in [2.45, 2.75) is 37.9 Å². The number of thiophene rings is 1. The Balaban J connectivity index is 1.24. The van der Waals surface area contributed by atoms with Crippen molar-refractivity contribution >= 4 is 50.8 Å². The van der Waals surface area contributed by atoms with Crippen LogP contribution in [0, 0.1) is 10.1 Å². The minimum atomic E-state index is -0.645. The van der Waals surface area contributed by atoms with Crippen molar-refractivity contribution in [1.82, 2.24) is 20.8 Å². The second-order valence-electron chi connectivity index (χ2n) is 7.52. The second-order valence-corrected chi connectivity index (χ2v) is 9.70. The normalized spacial score (nSPS) is 12.8. The molecule has 0 saturated heterocycles. The third-order valence-corrected chi connectivity index (χ3v) is 7.38. The summed E-state index contributed by atoms with van der Waals surface area (Å²) in [5.74, 6) is 0.454. The number of thioether (sulfide) groups is 1. The van der Waals surface area contributed by atoms with Crippen molar-refractivity contribution in [2.24, 2.45) is 0 Å². The average molecular weight is 488 g/mol. The predicted molar refractivity (Wildman–Crippen MR) is 126 cm³/mol. The van der Waals surface area contributed by atoms with E-state index in [2.05, 4.69) is 20.8 Å². The number of nitrogens with zero attached hydrogens (tertiary/aromatic N) is 2. The highest BCUT2D eigenvalue weighted by atomic mass is 32.2. The van der Waals surface area contributed by atoms with Gasteiger partial charge in [-0.1, -0.05) is 6.07 Å². The Labute approximate surface area is 196 Å². The van der Waals surface area contributed by atoms with Crippen LogP contribution in [-0.2, 0) is 23.4 Å². The van der Waals surface area contributed by atoms with E-state index in [4.69, 9.17) is 0 Å². The molecule has 0 spiro atoms. The number of nitro benzene ring substituents is 1. The van der Waals surface area contributed by atoms with Crippen LogP contribution in [0.3, 0.4) is 0 Å². The molecule has 2 amide bonds. The molecule has 0 bridgehead atoms. The van der Waals surface area contributed by atoms with Crippen molar-refractivity contribution in [3.63, 3.8) is 0 Å². The molecule has 172 valence electrons. The number of carbonyl (C=O) groups is 2. The number of amides is 2. The van der Waals surface area contributed by atoms with E-state index in [9.17, 15) is 24.5 Å². The van der Waals surface area contributed by atoms with Gasteiger partial charge >= 0.3 is 0 Å². The minimum absolute atomic E-state index is 0.0690. The number of carbonyl (C=O) groups excluding carboxylic acids is 2. The fraction of sp³-hybridized carbons (Fsp3) is 0.333. The summed E-state index contributed by atoms with van der Waals surface area (Å²) < 4.78 is 0. The average Bonchev–Trinajstić information content (AvgIpc) is 3.19. The molecule has 0 aliphatic heterocycles. The summed E-state index contributed by atoms with van der Waals surface area (Å²) in [5, 5.41) is 11.5. The Hall–Kier alpha value is -3.25. The van der Waals surface area contributed by atoms with Crippen LogP contribution in [0.1, 0.15) is 45.9 Å². The molecule has 1 aliphatic rings. The number of rotatable bonds is 7. The lowest BCUT2D eigenvalue weighted by Gasteiger charge is -2.09. The molecule has 33 heavy (non-hydrogen) atoms. The number of hydrogen-bond donors (Lipinski definition) is 3. The van der Waals surface area contributed by atoms with Crippen molar-refractivity contribution in [3.05, 3.63) is 66.6 Å². The maximum absolute atomic E-state index is 12.6. The van der Waals surface area contributed by atoms with Gasteiger partial charge in [-0.25, -0.2) is 4.98 Å². The SMILES string of the molecule is O=C(CCSCc1nc2sc3c(c2c(=O)[nH]1)CCCC3)NNC(=O)c1cccc([N+](=O)[O-])c1. The van der Waals surface area contributed by atoms with Crippen LogP contribution in [0.25, 0.3) is 10.2 Å². The van der Waals surface area contributed by atoms with E-state index in [0.717, 1.165) is 47.5 Å². The molecule has 12 heteroatoms. The van der Waals surface area contributed by atoms with Crippen LogP contribution in [0.2, 0.25) is 0 Å². The standard InChI is InChI=1S/C21H21N5O5S2/c27-17(24-25-19(28)12-4-3-5-13(10-12)26(30)31)8-9-32-11-16-22-20(29)18-14-6-1-2-7-15(14)33-21(18)23-16/h3-5,10H,1-2,6-9,11H2,(H,24,27)(H,25,28)(H,22,23,29). The van der Waals surface area contributed by atoms with E-state index in [1.165, 1.54) is 34.8 Å². The Morgan fingerprint density at radius 3 is 2.88 bits per heavy atom. The Morgan fingerprint density at radius 1 is 1.24 bits per heavy atom. The second kappa shape index (κ2) is 10.1. The first-order valence-electron chi connectivity index (χ1n) is 10.4. The van der Waals surface area contributed by atoms with Crippen LogP contribution < -0.4 is 16.4 Å². The largest absolute Gasteiger partial charge is 0.309 e. The minimum Gasteiger partial charge on any atom is -0.309 e. The van der Waals surface area contributed by atoms with Gasteiger partial charge in [0.1, 0.15) is 10.7 Å². The summed E-state index contributed by atoms with van der Waals surface area (Å²) in [6, 6.07) is 5.22. The first-order chi connectivity index (χ1) is 15.9. The molecule has 0 radical (unpaired) electrons. The van der Waals surface area contributed by atoms with Gasteiger partial charge in [0.25, 0.3) is 17.2 Å². The number of fused-ring (bicyclic) bond motifs is 3. The molecule has 4 rings (SSSR count). The molecule has 0 fully saturated rings. The quantitative estimate of drug-likeness (QED) is 0.264. The van der Waals surface area contributed by atoms with Gasteiger partial charge in [-0.3, -0.25) is 35.3 Å². The van der Waals surface area contributed by atoms with Gasteiger partial charge < -0.3 is 4.98 Å². The number of aromatic nitrogens is 2. The zero-order valence-corrected chi connectivity index (χ0v) is 19.1. The lowest BCUT2D eigenvalue weighted by Crippen LogP contribution is -2.41. The Kier molecular flexibility index (Phi) is 7.04. The fourth-order valence-electron chi connectivity index (χ4n) is 3.63. The van der Waals surface area contributed by atoms with Crippen LogP contribution in [-0.4, -0.2) is 32.5 Å². The zero-order chi connectivity index (χ0) is 23.4. The number of nitrogens with one attached hydrogen (secondary N) is 3. The van der Waals surface area contributed by atoms with Gasteiger partial charge in [0.15, 0.2) is 0 Å². The summed E-state index contributed by atoms with van der Waals surface area (Å²) in [7, 11) is 0.